The first-order chi connectivity index (χ1) is 10.6. The van der Waals surface area contributed by atoms with E-state index in [9.17, 15) is 14.0 Å². The normalized spacial score (nSPS) is 21.9. The SMILES string of the molecule is O=C(O)C1CN(c2ccc(N3CCSCC3)c(F)c2)C(=O)O1. The summed E-state index contributed by atoms with van der Waals surface area (Å²) < 4.78 is 19.1. The summed E-state index contributed by atoms with van der Waals surface area (Å²) in [6.45, 7) is 1.45. The lowest BCUT2D eigenvalue weighted by Gasteiger charge is -2.29. The molecule has 3 rings (SSSR count). The number of benzene rings is 1. The number of rotatable bonds is 3. The quantitative estimate of drug-likeness (QED) is 0.913. The third-order valence-electron chi connectivity index (χ3n) is 3.68. The minimum atomic E-state index is -1.21. The Labute approximate surface area is 130 Å². The van der Waals surface area contributed by atoms with Gasteiger partial charge in [-0.3, -0.25) is 4.90 Å². The van der Waals surface area contributed by atoms with Gasteiger partial charge in [0, 0.05) is 24.6 Å². The first kappa shape index (κ1) is 15.0. The fourth-order valence-electron chi connectivity index (χ4n) is 2.53. The zero-order chi connectivity index (χ0) is 15.7. The minimum absolute atomic E-state index is 0.118. The fraction of sp³-hybridized carbons (Fsp3) is 0.429. The van der Waals surface area contributed by atoms with E-state index >= 15 is 0 Å². The van der Waals surface area contributed by atoms with Crippen LogP contribution in [-0.2, 0) is 9.53 Å². The van der Waals surface area contributed by atoms with Crippen molar-refractivity contribution in [3.63, 3.8) is 0 Å². The number of hydrogen-bond donors (Lipinski definition) is 1. The molecule has 2 aliphatic heterocycles. The summed E-state index contributed by atoms with van der Waals surface area (Å²) in [5.74, 6) is 0.287. The first-order valence-electron chi connectivity index (χ1n) is 6.89. The Morgan fingerprint density at radius 2 is 2.09 bits per heavy atom. The predicted molar refractivity (Wildman–Crippen MR) is 81.2 cm³/mol. The molecule has 0 aliphatic carbocycles. The summed E-state index contributed by atoms with van der Waals surface area (Å²) in [6, 6.07) is 4.50. The summed E-state index contributed by atoms with van der Waals surface area (Å²) >= 11 is 1.84. The van der Waals surface area contributed by atoms with Gasteiger partial charge in [-0.2, -0.15) is 11.8 Å². The first-order valence-corrected chi connectivity index (χ1v) is 8.05. The zero-order valence-corrected chi connectivity index (χ0v) is 12.5. The summed E-state index contributed by atoms with van der Waals surface area (Å²) in [5, 5.41) is 8.88. The third kappa shape index (κ3) is 2.83. The number of carboxylic acid groups (broad SMARTS) is 1. The van der Waals surface area contributed by atoms with Crippen LogP contribution in [0, 0.1) is 5.82 Å². The van der Waals surface area contributed by atoms with E-state index in [1.54, 1.807) is 12.1 Å². The number of cyclic esters (lactones) is 1. The third-order valence-corrected chi connectivity index (χ3v) is 4.62. The topological polar surface area (TPSA) is 70.1 Å². The van der Waals surface area contributed by atoms with Crippen LogP contribution in [0.4, 0.5) is 20.6 Å². The van der Waals surface area contributed by atoms with Crippen LogP contribution in [0.1, 0.15) is 0 Å². The van der Waals surface area contributed by atoms with Crippen molar-refractivity contribution in [1.29, 1.82) is 0 Å². The van der Waals surface area contributed by atoms with Gasteiger partial charge in [0.15, 0.2) is 0 Å². The van der Waals surface area contributed by atoms with E-state index in [0.29, 0.717) is 11.4 Å². The Morgan fingerprint density at radius 1 is 1.36 bits per heavy atom. The molecule has 1 unspecified atom stereocenters. The molecule has 1 N–H and O–H groups in total. The molecule has 1 amide bonds. The zero-order valence-electron chi connectivity index (χ0n) is 11.7. The van der Waals surface area contributed by atoms with Gasteiger partial charge in [0.2, 0.25) is 6.10 Å². The number of halogens is 1. The van der Waals surface area contributed by atoms with Gasteiger partial charge in [-0.25, -0.2) is 14.0 Å². The van der Waals surface area contributed by atoms with Crippen LogP contribution in [0.3, 0.4) is 0 Å². The van der Waals surface area contributed by atoms with Crippen molar-refractivity contribution in [2.24, 2.45) is 0 Å². The van der Waals surface area contributed by atoms with Gasteiger partial charge in [0.1, 0.15) is 5.82 Å². The van der Waals surface area contributed by atoms with E-state index in [4.69, 9.17) is 9.84 Å². The number of carboxylic acids is 1. The van der Waals surface area contributed by atoms with Crippen LogP contribution in [-0.4, -0.2) is 54.4 Å². The Balaban J connectivity index is 1.80. The van der Waals surface area contributed by atoms with E-state index in [1.807, 2.05) is 16.7 Å². The molecule has 6 nitrogen and oxygen atoms in total. The van der Waals surface area contributed by atoms with Crippen molar-refractivity contribution < 1.29 is 23.8 Å². The molecule has 2 heterocycles. The summed E-state index contributed by atoms with van der Waals surface area (Å²) in [6.07, 6.45) is -1.98. The van der Waals surface area contributed by atoms with Crippen molar-refractivity contribution in [2.45, 2.75) is 6.10 Å². The number of amides is 1. The van der Waals surface area contributed by atoms with Crippen LogP contribution in [0.2, 0.25) is 0 Å². The number of nitrogens with zero attached hydrogens (tertiary/aromatic N) is 2. The van der Waals surface area contributed by atoms with Gasteiger partial charge in [0.25, 0.3) is 0 Å². The smallest absolute Gasteiger partial charge is 0.415 e. The van der Waals surface area contributed by atoms with Gasteiger partial charge in [0.05, 0.1) is 17.9 Å². The second-order valence-corrected chi connectivity index (χ2v) is 6.28. The summed E-state index contributed by atoms with van der Waals surface area (Å²) in [7, 11) is 0. The second-order valence-electron chi connectivity index (χ2n) is 5.06. The Kier molecular flexibility index (Phi) is 4.10. The highest BCUT2D eigenvalue weighted by atomic mass is 32.2. The Morgan fingerprint density at radius 3 is 2.68 bits per heavy atom. The number of carbonyl (C=O) groups excluding carboxylic acids is 1. The molecule has 22 heavy (non-hydrogen) atoms. The number of thioether (sulfide) groups is 1. The Bertz CT molecular complexity index is 607. The number of aliphatic carboxylic acids is 1. The molecule has 2 saturated heterocycles. The van der Waals surface area contributed by atoms with E-state index in [-0.39, 0.29) is 6.54 Å². The number of anilines is 2. The van der Waals surface area contributed by atoms with Crippen molar-refractivity contribution in [2.75, 3.05) is 40.9 Å². The van der Waals surface area contributed by atoms with Crippen LogP contribution < -0.4 is 9.80 Å². The van der Waals surface area contributed by atoms with Crippen LogP contribution >= 0.6 is 11.8 Å². The van der Waals surface area contributed by atoms with Crippen LogP contribution in [0.5, 0.6) is 0 Å². The van der Waals surface area contributed by atoms with Gasteiger partial charge in [-0.05, 0) is 18.2 Å². The molecule has 2 fully saturated rings. The van der Waals surface area contributed by atoms with Gasteiger partial charge >= 0.3 is 12.1 Å². The van der Waals surface area contributed by atoms with Crippen molar-refractivity contribution in [3.8, 4) is 0 Å². The summed E-state index contributed by atoms with van der Waals surface area (Å²) in [4.78, 5) is 25.7. The molecule has 0 saturated carbocycles. The van der Waals surface area contributed by atoms with Crippen molar-refractivity contribution >= 4 is 35.2 Å². The van der Waals surface area contributed by atoms with Crippen molar-refractivity contribution in [3.05, 3.63) is 24.0 Å². The molecule has 0 spiro atoms. The molecule has 0 bridgehead atoms. The van der Waals surface area contributed by atoms with E-state index in [0.717, 1.165) is 29.5 Å². The number of ether oxygens (including phenoxy) is 1. The standard InChI is InChI=1S/C14H15FN2O4S/c15-10-7-9(17-8-12(13(18)19)21-14(17)20)1-2-11(10)16-3-5-22-6-4-16/h1-2,7,12H,3-6,8H2,(H,18,19). The van der Waals surface area contributed by atoms with E-state index in [2.05, 4.69) is 0 Å². The molecule has 1 aromatic carbocycles. The highest BCUT2D eigenvalue weighted by molar-refractivity contribution is 7.99. The lowest BCUT2D eigenvalue weighted by molar-refractivity contribution is -0.144. The van der Waals surface area contributed by atoms with E-state index in [1.165, 1.54) is 6.07 Å². The lowest BCUT2D eigenvalue weighted by atomic mass is 10.2. The fourth-order valence-corrected chi connectivity index (χ4v) is 3.43. The van der Waals surface area contributed by atoms with E-state index < -0.39 is 24.0 Å². The number of carbonyl (C=O) groups is 2. The predicted octanol–water partition coefficient (Wildman–Crippen LogP) is 1.79. The highest BCUT2D eigenvalue weighted by Crippen LogP contribution is 2.29. The highest BCUT2D eigenvalue weighted by Gasteiger charge is 2.37. The van der Waals surface area contributed by atoms with Gasteiger partial charge < -0.3 is 14.7 Å². The minimum Gasteiger partial charge on any atom is -0.478 e. The maximum atomic E-state index is 14.3. The number of hydrogen-bond acceptors (Lipinski definition) is 5. The average molecular weight is 326 g/mol. The molecular weight excluding hydrogens is 311 g/mol. The lowest BCUT2D eigenvalue weighted by Crippen LogP contribution is -2.33. The molecule has 0 aromatic heterocycles. The van der Waals surface area contributed by atoms with Crippen LogP contribution in [0.15, 0.2) is 18.2 Å². The van der Waals surface area contributed by atoms with Crippen LogP contribution in [0.25, 0.3) is 0 Å². The molecule has 1 atom stereocenters. The Hall–Kier alpha value is -1.96. The summed E-state index contributed by atoms with van der Waals surface area (Å²) in [5.41, 5.74) is 0.813. The molecule has 2 aliphatic rings. The molecule has 0 radical (unpaired) electrons. The molecule has 118 valence electrons. The maximum Gasteiger partial charge on any atom is 0.415 e. The second kappa shape index (κ2) is 6.04. The van der Waals surface area contributed by atoms with Crippen molar-refractivity contribution in [1.82, 2.24) is 0 Å². The molecular formula is C14H15FN2O4S. The largest absolute Gasteiger partial charge is 0.478 e. The molecule has 8 heteroatoms. The monoisotopic (exact) mass is 326 g/mol. The molecule has 1 aromatic rings. The maximum absolute atomic E-state index is 14.3. The van der Waals surface area contributed by atoms with Gasteiger partial charge in [-0.15, -0.1) is 0 Å². The van der Waals surface area contributed by atoms with Gasteiger partial charge in [-0.1, -0.05) is 0 Å². The average Bonchev–Trinajstić information content (AvgIpc) is 2.90.